The largest absolute Gasteiger partial charge is 0.509 e. The number of aryl methyl sites for hydroxylation is 1. The van der Waals surface area contributed by atoms with Gasteiger partial charge in [0, 0.05) is 30.4 Å². The Morgan fingerprint density at radius 1 is 1.32 bits per heavy atom. The fourth-order valence-corrected chi connectivity index (χ4v) is 4.10. The molecule has 0 fully saturated rings. The van der Waals surface area contributed by atoms with Gasteiger partial charge < -0.3 is 25.1 Å². The quantitative estimate of drug-likeness (QED) is 0.340. The van der Waals surface area contributed by atoms with Crippen LogP contribution in [-0.4, -0.2) is 53.7 Å². The number of benzene rings is 1. The summed E-state index contributed by atoms with van der Waals surface area (Å²) in [6, 6.07) is 6.92. The summed E-state index contributed by atoms with van der Waals surface area (Å²) in [7, 11) is 0. The number of rotatable bonds is 7. The number of para-hydroxylation sites is 1. The maximum Gasteiger partial charge on any atom is 0.342 e. The first kappa shape index (κ1) is 20.3. The average molecular weight is 423 g/mol. The number of hydrogen-bond acceptors (Lipinski definition) is 6. The van der Waals surface area contributed by atoms with Crippen LogP contribution in [0.1, 0.15) is 18.3 Å². The van der Waals surface area contributed by atoms with E-state index >= 15 is 0 Å². The number of nitro groups is 1. The smallest absolute Gasteiger partial charge is 0.342 e. The lowest BCUT2D eigenvalue weighted by Crippen LogP contribution is -2.39. The Morgan fingerprint density at radius 2 is 2.06 bits per heavy atom. The van der Waals surface area contributed by atoms with Gasteiger partial charge in [-0.25, -0.2) is 9.55 Å². The summed E-state index contributed by atoms with van der Waals surface area (Å²) in [5.41, 5.74) is 1.58. The van der Waals surface area contributed by atoms with E-state index in [2.05, 4.69) is 9.97 Å². The zero-order valence-electron chi connectivity index (χ0n) is 17.0. The Balaban J connectivity index is 1.65. The van der Waals surface area contributed by atoms with Gasteiger partial charge in [-0.3, -0.25) is 9.59 Å². The fraction of sp³-hybridized carbons (Fsp3) is 0.286. The fourth-order valence-electron chi connectivity index (χ4n) is 4.10. The van der Waals surface area contributed by atoms with E-state index in [1.54, 1.807) is 6.92 Å². The summed E-state index contributed by atoms with van der Waals surface area (Å²) < 4.78 is 1.40. The zero-order chi connectivity index (χ0) is 22.3. The Bertz CT molecular complexity index is 1240. The molecule has 1 aromatic carbocycles. The predicted octanol–water partition coefficient (Wildman–Crippen LogP) is 2.44. The van der Waals surface area contributed by atoms with Crippen LogP contribution >= 0.6 is 0 Å². The molecular weight excluding hydrogens is 402 g/mol. The van der Waals surface area contributed by atoms with Gasteiger partial charge in [0.15, 0.2) is 11.6 Å². The van der Waals surface area contributed by atoms with Crippen LogP contribution in [0.25, 0.3) is 10.9 Å². The molecule has 1 unspecified atom stereocenters. The lowest BCUT2D eigenvalue weighted by molar-refractivity contribution is -0.392. The van der Waals surface area contributed by atoms with Crippen molar-refractivity contribution < 1.29 is 19.6 Å². The van der Waals surface area contributed by atoms with Crippen molar-refractivity contribution in [3.63, 3.8) is 0 Å². The molecule has 1 amide bonds. The molecule has 10 heteroatoms. The topological polar surface area (TPSA) is 134 Å². The second-order valence-electron chi connectivity index (χ2n) is 7.47. The maximum atomic E-state index is 12.9. The van der Waals surface area contributed by atoms with Crippen molar-refractivity contribution >= 4 is 28.4 Å². The molecule has 31 heavy (non-hydrogen) atoms. The number of fused-ring (bicyclic) bond motifs is 1. The van der Waals surface area contributed by atoms with E-state index in [1.165, 1.54) is 22.6 Å². The van der Waals surface area contributed by atoms with Crippen molar-refractivity contribution in [2.75, 3.05) is 6.54 Å². The number of aromatic amines is 1. The molecule has 2 aromatic heterocycles. The summed E-state index contributed by atoms with van der Waals surface area (Å²) in [6.45, 7) is 3.06. The van der Waals surface area contributed by atoms with Gasteiger partial charge in [0.05, 0.1) is 12.6 Å². The number of nitrogens with zero attached hydrogens (tertiary/aromatic N) is 4. The van der Waals surface area contributed by atoms with E-state index in [0.717, 1.165) is 16.5 Å². The van der Waals surface area contributed by atoms with E-state index in [0.29, 0.717) is 12.2 Å². The molecule has 1 aliphatic rings. The van der Waals surface area contributed by atoms with Crippen molar-refractivity contribution in [1.82, 2.24) is 19.4 Å². The molecule has 0 saturated carbocycles. The number of aromatic nitrogens is 3. The van der Waals surface area contributed by atoms with Crippen LogP contribution in [0.15, 0.2) is 48.0 Å². The predicted molar refractivity (Wildman–Crippen MR) is 111 cm³/mol. The van der Waals surface area contributed by atoms with Crippen LogP contribution in [0.5, 0.6) is 0 Å². The van der Waals surface area contributed by atoms with Gasteiger partial charge >= 0.3 is 5.82 Å². The number of aliphatic hydroxyl groups is 1. The molecule has 2 N–H and O–H groups in total. The van der Waals surface area contributed by atoms with Gasteiger partial charge in [-0.1, -0.05) is 18.2 Å². The highest BCUT2D eigenvalue weighted by Crippen LogP contribution is 2.30. The number of Topliss-reactive ketones (excluding diaryl/α,β-unsaturated/α-hetero) is 1. The number of H-pyrrole nitrogens is 1. The van der Waals surface area contributed by atoms with Crippen molar-refractivity contribution in [2.24, 2.45) is 0 Å². The Morgan fingerprint density at radius 3 is 2.77 bits per heavy atom. The average Bonchev–Trinajstić information content (AvgIpc) is 3.36. The Hall–Kier alpha value is -3.95. The number of aliphatic hydroxyl groups excluding tert-OH is 1. The van der Waals surface area contributed by atoms with Crippen LogP contribution < -0.4 is 0 Å². The first-order valence-electron chi connectivity index (χ1n) is 9.76. The molecule has 0 aliphatic carbocycles. The first-order chi connectivity index (χ1) is 14.8. The summed E-state index contributed by atoms with van der Waals surface area (Å²) >= 11 is 0. The molecule has 0 spiro atoms. The Labute approximate surface area is 177 Å². The van der Waals surface area contributed by atoms with Gasteiger partial charge in [0.1, 0.15) is 24.1 Å². The monoisotopic (exact) mass is 423 g/mol. The third-order valence-corrected chi connectivity index (χ3v) is 5.65. The number of nitrogens with one attached hydrogen (secondary N) is 1. The minimum Gasteiger partial charge on any atom is -0.509 e. The summed E-state index contributed by atoms with van der Waals surface area (Å²) in [5.74, 6) is -1.09. The lowest BCUT2D eigenvalue weighted by atomic mass is 10.0. The van der Waals surface area contributed by atoms with Crippen molar-refractivity contribution in [3.05, 3.63) is 69.5 Å². The van der Waals surface area contributed by atoms with E-state index in [1.807, 2.05) is 30.5 Å². The minimum absolute atomic E-state index is 0.0741. The van der Waals surface area contributed by atoms with Crippen LogP contribution in [0, 0.1) is 17.0 Å². The SMILES string of the molecule is CC(=O)C1=C(O)C(Cc2c[nH]c3ccccc23)N(CCn2c([N+](=O)[O-])cnc2C)C1=O. The summed E-state index contributed by atoms with van der Waals surface area (Å²) in [5, 5.41) is 23.0. The second kappa shape index (κ2) is 7.71. The van der Waals surface area contributed by atoms with Gasteiger partial charge in [0.25, 0.3) is 5.91 Å². The van der Waals surface area contributed by atoms with Crippen LogP contribution in [0.2, 0.25) is 0 Å². The normalized spacial score (nSPS) is 16.5. The first-order valence-corrected chi connectivity index (χ1v) is 9.76. The number of ketones is 1. The maximum absolute atomic E-state index is 12.9. The third kappa shape index (κ3) is 3.45. The molecule has 160 valence electrons. The lowest BCUT2D eigenvalue weighted by Gasteiger charge is -2.25. The summed E-state index contributed by atoms with van der Waals surface area (Å²) in [4.78, 5) is 44.2. The number of hydrogen-bond donors (Lipinski definition) is 2. The second-order valence-corrected chi connectivity index (χ2v) is 7.47. The highest BCUT2D eigenvalue weighted by Gasteiger charge is 2.41. The molecule has 3 aromatic rings. The molecule has 10 nitrogen and oxygen atoms in total. The van der Waals surface area contributed by atoms with E-state index < -0.39 is 22.7 Å². The number of carbonyl (C=O) groups excluding carboxylic acids is 2. The highest BCUT2D eigenvalue weighted by molar-refractivity contribution is 6.20. The molecule has 3 heterocycles. The molecule has 4 rings (SSSR count). The van der Waals surface area contributed by atoms with Gasteiger partial charge in [-0.2, -0.15) is 0 Å². The third-order valence-electron chi connectivity index (χ3n) is 5.65. The van der Waals surface area contributed by atoms with Gasteiger partial charge in [-0.05, 0) is 23.5 Å². The molecule has 0 bridgehead atoms. The van der Waals surface area contributed by atoms with Crippen LogP contribution in [0.3, 0.4) is 0 Å². The minimum atomic E-state index is -0.742. The summed E-state index contributed by atoms with van der Waals surface area (Å²) in [6.07, 6.45) is 3.28. The van der Waals surface area contributed by atoms with Crippen molar-refractivity contribution in [1.29, 1.82) is 0 Å². The zero-order valence-corrected chi connectivity index (χ0v) is 17.0. The van der Waals surface area contributed by atoms with Crippen LogP contribution in [0.4, 0.5) is 5.82 Å². The standard InChI is InChI=1S/C21H21N5O5/c1-12(27)19-20(28)17(9-14-10-23-16-6-4-3-5-15(14)16)25(21(19)29)8-7-24-13(2)22-11-18(24)26(30)31/h3-6,10-11,17,23,28H,7-9H2,1-2H3. The molecule has 1 atom stereocenters. The molecule has 0 radical (unpaired) electrons. The van der Waals surface area contributed by atoms with E-state index in [4.69, 9.17) is 0 Å². The van der Waals surface area contributed by atoms with E-state index in [9.17, 15) is 24.8 Å². The molecule has 0 saturated heterocycles. The molecule has 1 aliphatic heterocycles. The molecular formula is C21H21N5O5. The highest BCUT2D eigenvalue weighted by atomic mass is 16.6. The number of carbonyl (C=O) groups is 2. The number of amides is 1. The Kier molecular flexibility index (Phi) is 5.05. The van der Waals surface area contributed by atoms with Crippen molar-refractivity contribution in [3.8, 4) is 0 Å². The van der Waals surface area contributed by atoms with E-state index in [-0.39, 0.29) is 30.2 Å². The van der Waals surface area contributed by atoms with Gasteiger partial charge in [-0.15, -0.1) is 0 Å². The van der Waals surface area contributed by atoms with Crippen LogP contribution in [-0.2, 0) is 22.6 Å². The van der Waals surface area contributed by atoms with Crippen molar-refractivity contribution in [2.45, 2.75) is 32.9 Å². The number of imidazole rings is 1. The van der Waals surface area contributed by atoms with Gasteiger partial charge in [0.2, 0.25) is 0 Å².